The summed E-state index contributed by atoms with van der Waals surface area (Å²) in [7, 11) is 3.20. The highest BCUT2D eigenvalue weighted by atomic mass is 32.1. The maximum atomic E-state index is 13.6. The van der Waals surface area contributed by atoms with Gasteiger partial charge in [0.1, 0.15) is 17.3 Å². The van der Waals surface area contributed by atoms with Crippen molar-refractivity contribution in [3.8, 4) is 11.5 Å². The number of rotatable bonds is 11. The predicted octanol–water partition coefficient (Wildman–Crippen LogP) is 4.99. The molecule has 4 rings (SSSR count). The van der Waals surface area contributed by atoms with E-state index in [2.05, 4.69) is 5.32 Å². The number of benzene rings is 2. The summed E-state index contributed by atoms with van der Waals surface area (Å²) in [6.07, 6.45) is 1.69. The van der Waals surface area contributed by atoms with E-state index < -0.39 is 6.04 Å². The average Bonchev–Trinajstić information content (AvgIpc) is 3.62. The van der Waals surface area contributed by atoms with Crippen molar-refractivity contribution in [1.82, 2.24) is 10.2 Å². The Morgan fingerprint density at radius 3 is 2.42 bits per heavy atom. The Morgan fingerprint density at radius 1 is 0.944 bits per heavy atom. The lowest BCUT2D eigenvalue weighted by Crippen LogP contribution is -2.43. The first-order chi connectivity index (χ1) is 17.6. The maximum absolute atomic E-state index is 13.6. The van der Waals surface area contributed by atoms with Crippen LogP contribution in [0.5, 0.6) is 11.5 Å². The number of carbonyl (C=O) groups is 2. The monoisotopic (exact) mass is 504 g/mol. The van der Waals surface area contributed by atoms with Gasteiger partial charge < -0.3 is 24.1 Å². The fraction of sp³-hybridized carbons (Fsp3) is 0.214. The number of hydrogen-bond acceptors (Lipinski definition) is 6. The van der Waals surface area contributed by atoms with Gasteiger partial charge in [0.25, 0.3) is 5.91 Å². The summed E-state index contributed by atoms with van der Waals surface area (Å²) in [5.74, 6) is 1.30. The molecule has 1 N–H and O–H groups in total. The van der Waals surface area contributed by atoms with Crippen LogP contribution in [0.1, 0.15) is 27.8 Å². The summed E-state index contributed by atoms with van der Waals surface area (Å²) in [5, 5.41) is 4.90. The molecule has 1 atom stereocenters. The smallest absolute Gasteiger partial charge is 0.251 e. The number of amides is 2. The van der Waals surface area contributed by atoms with E-state index in [0.717, 1.165) is 21.8 Å². The van der Waals surface area contributed by atoms with E-state index in [4.69, 9.17) is 13.9 Å². The Bertz CT molecular complexity index is 1250. The van der Waals surface area contributed by atoms with Crippen LogP contribution in [-0.2, 0) is 29.1 Å². The first-order valence-electron chi connectivity index (χ1n) is 11.5. The normalized spacial score (nSPS) is 11.5. The molecule has 2 aromatic carbocycles. The number of hydrogen-bond donors (Lipinski definition) is 1. The Hall–Kier alpha value is -4.04. The first-order valence-corrected chi connectivity index (χ1v) is 12.3. The lowest BCUT2D eigenvalue weighted by molar-refractivity contribution is -0.141. The van der Waals surface area contributed by atoms with E-state index in [9.17, 15) is 9.59 Å². The van der Waals surface area contributed by atoms with Crippen LogP contribution in [0.2, 0.25) is 0 Å². The molecular weight excluding hydrogens is 476 g/mol. The standard InChI is InChI=1S/C28H28N2O5S/c1-33-22-12-10-20(11-13-22)18-29-28(32)27(25-9-4-14-35-25)30(26(31)17-24-8-5-15-36-24)19-21-6-3-7-23(16-21)34-2/h3-16,27H,17-19H2,1-2H3,(H,29,32). The van der Waals surface area contributed by atoms with Crippen molar-refractivity contribution in [3.63, 3.8) is 0 Å². The molecule has 0 saturated heterocycles. The molecule has 8 heteroatoms. The molecule has 0 spiro atoms. The van der Waals surface area contributed by atoms with Gasteiger partial charge in [-0.05, 0) is 59.0 Å². The van der Waals surface area contributed by atoms with Crippen LogP contribution in [0.15, 0.2) is 88.9 Å². The van der Waals surface area contributed by atoms with E-state index in [-0.39, 0.29) is 24.8 Å². The first kappa shape index (κ1) is 25.1. The molecule has 0 aliphatic heterocycles. The lowest BCUT2D eigenvalue weighted by Gasteiger charge is -2.30. The van der Waals surface area contributed by atoms with Crippen LogP contribution < -0.4 is 14.8 Å². The Labute approximate surface area is 214 Å². The molecule has 0 aliphatic carbocycles. The summed E-state index contributed by atoms with van der Waals surface area (Å²) in [4.78, 5) is 29.7. The molecule has 4 aromatic rings. The van der Waals surface area contributed by atoms with E-state index in [1.807, 2.05) is 66.0 Å². The van der Waals surface area contributed by atoms with Crippen LogP contribution in [0.3, 0.4) is 0 Å². The largest absolute Gasteiger partial charge is 0.497 e. The van der Waals surface area contributed by atoms with Crippen molar-refractivity contribution in [1.29, 1.82) is 0 Å². The second-order valence-electron chi connectivity index (χ2n) is 8.11. The fourth-order valence-corrected chi connectivity index (χ4v) is 4.55. The molecule has 2 amide bonds. The maximum Gasteiger partial charge on any atom is 0.251 e. The molecule has 7 nitrogen and oxygen atoms in total. The molecular formula is C28H28N2O5S. The Kier molecular flexibility index (Phi) is 8.41. The third kappa shape index (κ3) is 6.34. The van der Waals surface area contributed by atoms with Gasteiger partial charge in [-0.2, -0.15) is 0 Å². The zero-order valence-electron chi connectivity index (χ0n) is 20.2. The zero-order chi connectivity index (χ0) is 25.3. The number of nitrogens with zero attached hydrogens (tertiary/aromatic N) is 1. The zero-order valence-corrected chi connectivity index (χ0v) is 21.0. The Balaban J connectivity index is 1.62. The number of methoxy groups -OCH3 is 2. The van der Waals surface area contributed by atoms with Gasteiger partial charge in [0.05, 0.1) is 26.9 Å². The summed E-state index contributed by atoms with van der Waals surface area (Å²) in [6.45, 7) is 0.509. The van der Waals surface area contributed by atoms with Crippen molar-refractivity contribution in [2.24, 2.45) is 0 Å². The van der Waals surface area contributed by atoms with Crippen LogP contribution in [0.4, 0.5) is 0 Å². The minimum Gasteiger partial charge on any atom is -0.497 e. The molecule has 36 heavy (non-hydrogen) atoms. The topological polar surface area (TPSA) is 81.0 Å². The van der Waals surface area contributed by atoms with E-state index in [1.165, 1.54) is 17.6 Å². The molecule has 2 aromatic heterocycles. The fourth-order valence-electron chi connectivity index (χ4n) is 3.86. The SMILES string of the molecule is COc1ccc(CNC(=O)C(c2ccco2)N(Cc2cccc(OC)c2)C(=O)Cc2cccs2)cc1. The van der Waals surface area contributed by atoms with Gasteiger partial charge in [0.15, 0.2) is 6.04 Å². The highest BCUT2D eigenvalue weighted by molar-refractivity contribution is 7.10. The second kappa shape index (κ2) is 12.1. The van der Waals surface area contributed by atoms with E-state index >= 15 is 0 Å². The number of furan rings is 1. The van der Waals surface area contributed by atoms with Crippen LogP contribution >= 0.6 is 11.3 Å². The average molecular weight is 505 g/mol. The quantitative estimate of drug-likeness (QED) is 0.311. The van der Waals surface area contributed by atoms with Crippen LogP contribution in [0, 0.1) is 0 Å². The van der Waals surface area contributed by atoms with Gasteiger partial charge in [0, 0.05) is 18.0 Å². The summed E-state index contributed by atoms with van der Waals surface area (Å²) >= 11 is 1.51. The molecule has 0 bridgehead atoms. The molecule has 0 radical (unpaired) electrons. The molecule has 1 unspecified atom stereocenters. The molecule has 0 fully saturated rings. The minimum absolute atomic E-state index is 0.179. The van der Waals surface area contributed by atoms with Crippen molar-refractivity contribution >= 4 is 23.2 Å². The van der Waals surface area contributed by atoms with E-state index in [0.29, 0.717) is 18.1 Å². The number of ether oxygens (including phenoxy) is 2. The summed E-state index contributed by atoms with van der Waals surface area (Å²) in [6, 6.07) is 21.2. The van der Waals surface area contributed by atoms with Gasteiger partial charge in [-0.1, -0.05) is 30.3 Å². The van der Waals surface area contributed by atoms with Gasteiger partial charge in [-0.15, -0.1) is 11.3 Å². The minimum atomic E-state index is -0.947. The van der Waals surface area contributed by atoms with Crippen molar-refractivity contribution in [2.75, 3.05) is 14.2 Å². The van der Waals surface area contributed by atoms with Crippen LogP contribution in [-0.4, -0.2) is 30.9 Å². The number of carbonyl (C=O) groups excluding carboxylic acids is 2. The predicted molar refractivity (Wildman–Crippen MR) is 138 cm³/mol. The van der Waals surface area contributed by atoms with Gasteiger partial charge >= 0.3 is 0 Å². The van der Waals surface area contributed by atoms with Gasteiger partial charge in [-0.3, -0.25) is 9.59 Å². The number of thiophene rings is 1. The van der Waals surface area contributed by atoms with Crippen molar-refractivity contribution < 1.29 is 23.5 Å². The molecule has 0 saturated carbocycles. The highest BCUT2D eigenvalue weighted by Crippen LogP contribution is 2.27. The summed E-state index contributed by atoms with van der Waals surface area (Å²) < 4.78 is 16.2. The molecule has 186 valence electrons. The molecule has 2 heterocycles. The molecule has 0 aliphatic rings. The van der Waals surface area contributed by atoms with Crippen molar-refractivity contribution in [2.45, 2.75) is 25.6 Å². The van der Waals surface area contributed by atoms with Gasteiger partial charge in [0.2, 0.25) is 5.91 Å². The Morgan fingerprint density at radius 2 is 1.75 bits per heavy atom. The third-order valence-corrected chi connectivity index (χ3v) is 6.59. The lowest BCUT2D eigenvalue weighted by atomic mass is 10.1. The highest BCUT2D eigenvalue weighted by Gasteiger charge is 2.33. The second-order valence-corrected chi connectivity index (χ2v) is 9.15. The number of nitrogens with one attached hydrogen (secondary N) is 1. The van der Waals surface area contributed by atoms with Crippen molar-refractivity contribution in [3.05, 3.63) is 106 Å². The van der Waals surface area contributed by atoms with Gasteiger partial charge in [-0.25, -0.2) is 0 Å². The van der Waals surface area contributed by atoms with E-state index in [1.54, 1.807) is 31.3 Å². The third-order valence-electron chi connectivity index (χ3n) is 5.71. The van der Waals surface area contributed by atoms with Crippen LogP contribution in [0.25, 0.3) is 0 Å². The summed E-state index contributed by atoms with van der Waals surface area (Å²) in [5.41, 5.74) is 1.75.